The highest BCUT2D eigenvalue weighted by Gasteiger charge is 2.33. The molecule has 1 aliphatic heterocycles. The van der Waals surface area contributed by atoms with Gasteiger partial charge in [0, 0.05) is 43.7 Å². The van der Waals surface area contributed by atoms with Crippen molar-refractivity contribution in [1.29, 1.82) is 0 Å². The number of ether oxygens (including phenoxy) is 1. The summed E-state index contributed by atoms with van der Waals surface area (Å²) in [6.07, 6.45) is 0.627. The molecule has 7 heteroatoms. The number of benzene rings is 2. The fourth-order valence-corrected chi connectivity index (χ4v) is 4.40. The number of rotatable bonds is 7. The highest BCUT2D eigenvalue weighted by Crippen LogP contribution is 2.28. The standard InChI is InChI=1S/C24H33N3O4/c1-16(2)11-20(14-23(28)25-30)24(29)27-10-9-26(15-17(27)3)21-7-5-19-13-22(31-4)8-6-18(19)12-21/h5-8,12-13,16-17,20,30H,9-11,14-15H2,1-4H3,(H,25,28)/t17?,20-/m0/s1. The molecule has 2 aromatic carbocycles. The molecule has 2 N–H and O–H groups in total. The second-order valence-corrected chi connectivity index (χ2v) is 8.79. The van der Waals surface area contributed by atoms with Crippen LogP contribution in [0.3, 0.4) is 0 Å². The van der Waals surface area contributed by atoms with Gasteiger partial charge in [0.1, 0.15) is 5.75 Å². The van der Waals surface area contributed by atoms with Crippen molar-refractivity contribution in [3.8, 4) is 5.75 Å². The normalized spacial score (nSPS) is 17.7. The molecular formula is C24H33N3O4. The monoisotopic (exact) mass is 427 g/mol. The van der Waals surface area contributed by atoms with Gasteiger partial charge in [0.15, 0.2) is 0 Å². The van der Waals surface area contributed by atoms with E-state index in [1.165, 1.54) is 0 Å². The van der Waals surface area contributed by atoms with E-state index >= 15 is 0 Å². The Labute approximate surface area is 183 Å². The van der Waals surface area contributed by atoms with Crippen molar-refractivity contribution in [2.75, 3.05) is 31.6 Å². The summed E-state index contributed by atoms with van der Waals surface area (Å²) in [7, 11) is 1.67. The molecular weight excluding hydrogens is 394 g/mol. The summed E-state index contributed by atoms with van der Waals surface area (Å²) in [4.78, 5) is 29.1. The van der Waals surface area contributed by atoms with E-state index in [-0.39, 0.29) is 24.3 Å². The number of fused-ring (bicyclic) bond motifs is 1. The van der Waals surface area contributed by atoms with Gasteiger partial charge in [-0.15, -0.1) is 0 Å². The Bertz CT molecular complexity index is 930. The van der Waals surface area contributed by atoms with Crippen LogP contribution >= 0.6 is 0 Å². The molecule has 0 aliphatic carbocycles. The van der Waals surface area contributed by atoms with Crippen LogP contribution in [0.2, 0.25) is 0 Å². The van der Waals surface area contributed by atoms with Crippen LogP contribution in [0.1, 0.15) is 33.6 Å². The maximum absolute atomic E-state index is 13.2. The minimum atomic E-state index is -0.516. The Morgan fingerprint density at radius 1 is 1.16 bits per heavy atom. The number of hydrogen-bond donors (Lipinski definition) is 2. The number of nitrogens with one attached hydrogen (secondary N) is 1. The van der Waals surface area contributed by atoms with Crippen LogP contribution in [0.25, 0.3) is 10.8 Å². The number of anilines is 1. The second kappa shape index (κ2) is 10.0. The molecule has 2 aromatic rings. The van der Waals surface area contributed by atoms with Crippen LogP contribution < -0.4 is 15.1 Å². The molecule has 0 spiro atoms. The molecule has 7 nitrogen and oxygen atoms in total. The van der Waals surface area contributed by atoms with Crippen molar-refractivity contribution in [1.82, 2.24) is 10.4 Å². The average molecular weight is 428 g/mol. The Kier molecular flexibility index (Phi) is 7.38. The molecule has 1 saturated heterocycles. The van der Waals surface area contributed by atoms with E-state index in [0.29, 0.717) is 13.0 Å². The maximum Gasteiger partial charge on any atom is 0.244 e. The third kappa shape index (κ3) is 5.47. The van der Waals surface area contributed by atoms with Gasteiger partial charge in [0.2, 0.25) is 11.8 Å². The Morgan fingerprint density at radius 3 is 2.52 bits per heavy atom. The number of carbonyl (C=O) groups is 2. The summed E-state index contributed by atoms with van der Waals surface area (Å²) in [5.74, 6) is 0.185. The zero-order valence-electron chi connectivity index (χ0n) is 18.8. The molecule has 3 rings (SSSR count). The van der Waals surface area contributed by atoms with Gasteiger partial charge in [-0.3, -0.25) is 14.8 Å². The first-order valence-electron chi connectivity index (χ1n) is 10.9. The summed E-state index contributed by atoms with van der Waals surface area (Å²) < 4.78 is 5.30. The summed E-state index contributed by atoms with van der Waals surface area (Å²) in [6, 6.07) is 12.5. The summed E-state index contributed by atoms with van der Waals surface area (Å²) >= 11 is 0. The molecule has 31 heavy (non-hydrogen) atoms. The Hall–Kier alpha value is -2.80. The lowest BCUT2D eigenvalue weighted by Crippen LogP contribution is -2.55. The van der Waals surface area contributed by atoms with E-state index in [0.717, 1.165) is 35.3 Å². The van der Waals surface area contributed by atoms with Crippen molar-refractivity contribution in [2.45, 2.75) is 39.7 Å². The zero-order chi connectivity index (χ0) is 22.5. The number of hydrogen-bond acceptors (Lipinski definition) is 5. The fourth-order valence-electron chi connectivity index (χ4n) is 4.40. The smallest absolute Gasteiger partial charge is 0.244 e. The third-order valence-electron chi connectivity index (χ3n) is 5.97. The number of hydroxylamine groups is 1. The van der Waals surface area contributed by atoms with Crippen molar-refractivity contribution in [3.63, 3.8) is 0 Å². The molecule has 0 bridgehead atoms. The van der Waals surface area contributed by atoms with E-state index in [1.807, 2.05) is 30.9 Å². The summed E-state index contributed by atoms with van der Waals surface area (Å²) in [5.41, 5.74) is 2.80. The first-order chi connectivity index (χ1) is 14.8. The summed E-state index contributed by atoms with van der Waals surface area (Å²) in [5, 5.41) is 11.2. The van der Waals surface area contributed by atoms with Crippen LogP contribution in [0.5, 0.6) is 5.75 Å². The van der Waals surface area contributed by atoms with Crippen molar-refractivity contribution >= 4 is 28.3 Å². The Balaban J connectivity index is 1.71. The minimum absolute atomic E-state index is 0.00458. The molecule has 1 aliphatic rings. The highest BCUT2D eigenvalue weighted by atomic mass is 16.5. The van der Waals surface area contributed by atoms with Crippen LogP contribution in [-0.4, -0.2) is 54.7 Å². The van der Waals surface area contributed by atoms with Crippen LogP contribution in [0, 0.1) is 11.8 Å². The second-order valence-electron chi connectivity index (χ2n) is 8.79. The third-order valence-corrected chi connectivity index (χ3v) is 5.97. The predicted octanol–water partition coefficient (Wildman–Crippen LogP) is 3.44. The van der Waals surface area contributed by atoms with Gasteiger partial charge in [-0.25, -0.2) is 5.48 Å². The number of methoxy groups -OCH3 is 1. The molecule has 0 radical (unpaired) electrons. The topological polar surface area (TPSA) is 82.1 Å². The van der Waals surface area contributed by atoms with Crippen molar-refractivity contribution in [2.24, 2.45) is 11.8 Å². The lowest BCUT2D eigenvalue weighted by atomic mass is 9.91. The van der Waals surface area contributed by atoms with Gasteiger partial charge >= 0.3 is 0 Å². The molecule has 1 heterocycles. The van der Waals surface area contributed by atoms with Crippen molar-refractivity contribution in [3.05, 3.63) is 36.4 Å². The average Bonchev–Trinajstić information content (AvgIpc) is 2.76. The van der Waals surface area contributed by atoms with Crippen LogP contribution in [0.4, 0.5) is 5.69 Å². The van der Waals surface area contributed by atoms with E-state index in [2.05, 4.69) is 36.1 Å². The molecule has 1 unspecified atom stereocenters. The van der Waals surface area contributed by atoms with Gasteiger partial charge in [-0.1, -0.05) is 26.0 Å². The highest BCUT2D eigenvalue weighted by molar-refractivity contribution is 5.88. The quantitative estimate of drug-likeness (QED) is 0.523. The van der Waals surface area contributed by atoms with Crippen molar-refractivity contribution < 1.29 is 19.5 Å². The lowest BCUT2D eigenvalue weighted by Gasteiger charge is -2.42. The van der Waals surface area contributed by atoms with E-state index in [9.17, 15) is 9.59 Å². The van der Waals surface area contributed by atoms with Gasteiger partial charge in [0.25, 0.3) is 0 Å². The molecule has 2 atom stereocenters. The summed E-state index contributed by atoms with van der Waals surface area (Å²) in [6.45, 7) is 8.19. The Morgan fingerprint density at radius 2 is 1.87 bits per heavy atom. The van der Waals surface area contributed by atoms with Gasteiger partial charge in [0.05, 0.1) is 7.11 Å². The SMILES string of the molecule is COc1ccc2cc(N3CCN(C(=O)[C@H](CC(=O)NO)CC(C)C)C(C)C3)ccc2c1. The van der Waals surface area contributed by atoms with Gasteiger partial charge < -0.3 is 14.5 Å². The number of carbonyl (C=O) groups excluding carboxylic acids is 2. The number of nitrogens with zero attached hydrogens (tertiary/aromatic N) is 2. The predicted molar refractivity (Wildman–Crippen MR) is 121 cm³/mol. The molecule has 2 amide bonds. The minimum Gasteiger partial charge on any atom is -0.497 e. The molecule has 168 valence electrons. The maximum atomic E-state index is 13.2. The van der Waals surface area contributed by atoms with E-state index in [4.69, 9.17) is 9.94 Å². The fraction of sp³-hybridized carbons (Fsp3) is 0.500. The van der Waals surface area contributed by atoms with E-state index < -0.39 is 11.8 Å². The van der Waals surface area contributed by atoms with Gasteiger partial charge in [-0.2, -0.15) is 0 Å². The molecule has 1 fully saturated rings. The van der Waals surface area contributed by atoms with E-state index in [1.54, 1.807) is 12.6 Å². The number of piperazine rings is 1. The lowest BCUT2D eigenvalue weighted by molar-refractivity contribution is -0.142. The largest absolute Gasteiger partial charge is 0.497 e. The van der Waals surface area contributed by atoms with Crippen LogP contribution in [0.15, 0.2) is 36.4 Å². The van der Waals surface area contributed by atoms with Crippen LogP contribution in [-0.2, 0) is 9.59 Å². The number of amides is 2. The first-order valence-corrected chi connectivity index (χ1v) is 10.9. The molecule has 0 aromatic heterocycles. The molecule has 0 saturated carbocycles. The zero-order valence-corrected chi connectivity index (χ0v) is 18.8. The first kappa shape index (κ1) is 22.9. The van der Waals surface area contributed by atoms with Gasteiger partial charge in [-0.05, 0) is 54.3 Å².